The maximum absolute atomic E-state index is 14.8. The van der Waals surface area contributed by atoms with Gasteiger partial charge in [-0.1, -0.05) is 0 Å². The van der Waals surface area contributed by atoms with Gasteiger partial charge in [0, 0.05) is 11.1 Å². The van der Waals surface area contributed by atoms with Crippen molar-refractivity contribution in [1.29, 1.82) is 5.41 Å². The van der Waals surface area contributed by atoms with E-state index < -0.39 is 11.9 Å². The molecule has 8 heteroatoms. The van der Waals surface area contributed by atoms with Crippen LogP contribution in [0.3, 0.4) is 0 Å². The predicted octanol–water partition coefficient (Wildman–Crippen LogP) is 3.06. The first-order chi connectivity index (χ1) is 11.0. The quantitative estimate of drug-likeness (QED) is 0.675. The molecule has 0 unspecified atom stereocenters. The van der Waals surface area contributed by atoms with Gasteiger partial charge in [0.25, 0.3) is 0 Å². The molecule has 1 heterocycles. The van der Waals surface area contributed by atoms with Gasteiger partial charge in [-0.2, -0.15) is 4.99 Å². The number of rotatable bonds is 3. The maximum atomic E-state index is 14.8. The summed E-state index contributed by atoms with van der Waals surface area (Å²) in [4.78, 5) is 15.0. The third-order valence-electron chi connectivity index (χ3n) is 3.36. The molecule has 1 amide bonds. The first-order valence-corrected chi connectivity index (χ1v) is 8.08. The first kappa shape index (κ1) is 17.3. The minimum atomic E-state index is -0.840. The van der Waals surface area contributed by atoms with Crippen molar-refractivity contribution in [3.05, 3.63) is 23.0 Å². The molecule has 0 saturated heterocycles. The van der Waals surface area contributed by atoms with E-state index in [1.165, 1.54) is 20.3 Å². The van der Waals surface area contributed by atoms with E-state index in [4.69, 9.17) is 14.9 Å². The summed E-state index contributed by atoms with van der Waals surface area (Å²) >= 11 is 1.06. The number of nitrogens with zero attached hydrogens (tertiary/aromatic N) is 1. The second kappa shape index (κ2) is 7.45. The van der Waals surface area contributed by atoms with Gasteiger partial charge in [0.2, 0.25) is 0 Å². The summed E-state index contributed by atoms with van der Waals surface area (Å²) in [6, 6.07) is 1.39. The molecule has 0 saturated carbocycles. The molecule has 1 aliphatic rings. The van der Waals surface area contributed by atoms with Crippen molar-refractivity contribution in [2.75, 3.05) is 27.1 Å². The largest absolute Gasteiger partial charge is 0.493 e. The Balaban J connectivity index is 2.52. The Labute approximate surface area is 137 Å². The molecule has 1 aliphatic heterocycles. The number of hydrogen-bond donors (Lipinski definition) is 1. The topological polar surface area (TPSA) is 81.0 Å². The number of amides is 1. The van der Waals surface area contributed by atoms with Gasteiger partial charge in [0.15, 0.2) is 11.5 Å². The number of fused-ring (bicyclic) bond motifs is 1. The van der Waals surface area contributed by atoms with Crippen LogP contribution in [-0.4, -0.2) is 43.9 Å². The summed E-state index contributed by atoms with van der Waals surface area (Å²) in [6.45, 7) is 0.499. The summed E-state index contributed by atoms with van der Waals surface area (Å²) in [5.74, 6) is 0.194. The average molecular weight is 340 g/mol. The lowest BCUT2D eigenvalue weighted by atomic mass is 9.99. The normalized spacial score (nSPS) is 13.8. The molecular weight excluding hydrogens is 323 g/mol. The fourth-order valence-corrected chi connectivity index (χ4v) is 2.74. The van der Waals surface area contributed by atoms with Crippen LogP contribution >= 0.6 is 11.8 Å². The van der Waals surface area contributed by atoms with E-state index in [2.05, 4.69) is 9.73 Å². The number of ether oxygens (including phenoxy) is 3. The Bertz CT molecular complexity index is 676. The zero-order chi connectivity index (χ0) is 17.0. The Morgan fingerprint density at radius 3 is 2.83 bits per heavy atom. The van der Waals surface area contributed by atoms with Gasteiger partial charge in [-0.3, -0.25) is 5.41 Å². The van der Waals surface area contributed by atoms with Crippen molar-refractivity contribution in [2.45, 2.75) is 12.8 Å². The van der Waals surface area contributed by atoms with Gasteiger partial charge >= 0.3 is 6.09 Å². The van der Waals surface area contributed by atoms with Crippen molar-refractivity contribution in [2.24, 2.45) is 4.99 Å². The van der Waals surface area contributed by atoms with E-state index in [-0.39, 0.29) is 16.3 Å². The van der Waals surface area contributed by atoms with Crippen LogP contribution in [0.15, 0.2) is 11.1 Å². The number of methoxy groups -OCH3 is 2. The van der Waals surface area contributed by atoms with Gasteiger partial charge < -0.3 is 14.2 Å². The second-order valence-electron chi connectivity index (χ2n) is 4.67. The highest BCUT2D eigenvalue weighted by molar-refractivity contribution is 8.15. The molecule has 124 valence electrons. The predicted molar refractivity (Wildman–Crippen MR) is 87.0 cm³/mol. The number of hydrogen-bond acceptors (Lipinski definition) is 6. The fraction of sp³-hybridized carbons (Fsp3) is 0.400. The van der Waals surface area contributed by atoms with Crippen molar-refractivity contribution < 1.29 is 23.4 Å². The average Bonchev–Trinajstić information content (AvgIpc) is 2.59. The Hall–Kier alpha value is -2.09. The number of nitrogens with one attached hydrogen (secondary N) is 1. The SMILES string of the molecule is COC(=O)N=C(SC)C(=N)c1cc(OC)c2c(c1F)CCCO2. The lowest BCUT2D eigenvalue weighted by Crippen LogP contribution is -2.18. The minimum Gasteiger partial charge on any atom is -0.493 e. The van der Waals surface area contributed by atoms with Crippen LogP contribution in [0.2, 0.25) is 0 Å². The molecule has 1 aromatic carbocycles. The molecule has 0 aromatic heterocycles. The van der Waals surface area contributed by atoms with Crippen molar-refractivity contribution in [3.8, 4) is 11.5 Å². The van der Waals surface area contributed by atoms with Crippen LogP contribution in [-0.2, 0) is 11.2 Å². The van der Waals surface area contributed by atoms with E-state index in [1.54, 1.807) is 6.26 Å². The summed E-state index contributed by atoms with van der Waals surface area (Å²) in [5.41, 5.74) is 0.198. The molecule has 6 nitrogen and oxygen atoms in total. The molecule has 0 fully saturated rings. The third kappa shape index (κ3) is 3.47. The number of carbonyl (C=O) groups is 1. The van der Waals surface area contributed by atoms with Crippen molar-refractivity contribution in [1.82, 2.24) is 0 Å². The van der Waals surface area contributed by atoms with Gasteiger partial charge in [-0.15, -0.1) is 11.8 Å². The molecule has 0 radical (unpaired) electrons. The third-order valence-corrected chi connectivity index (χ3v) is 4.04. The molecule has 0 aliphatic carbocycles. The zero-order valence-corrected chi connectivity index (χ0v) is 13.9. The summed E-state index contributed by atoms with van der Waals surface area (Å²) in [5, 5.41) is 8.25. The molecule has 0 atom stereocenters. The van der Waals surface area contributed by atoms with Gasteiger partial charge in [0.05, 0.1) is 26.5 Å². The minimum absolute atomic E-state index is 0.0168. The molecule has 0 spiro atoms. The van der Waals surface area contributed by atoms with E-state index in [9.17, 15) is 9.18 Å². The Morgan fingerprint density at radius 2 is 2.22 bits per heavy atom. The highest BCUT2D eigenvalue weighted by Gasteiger charge is 2.26. The van der Waals surface area contributed by atoms with Crippen LogP contribution in [0.5, 0.6) is 11.5 Å². The van der Waals surface area contributed by atoms with E-state index in [0.29, 0.717) is 36.5 Å². The molecule has 2 rings (SSSR count). The fourth-order valence-electron chi connectivity index (χ4n) is 2.26. The lowest BCUT2D eigenvalue weighted by molar-refractivity contribution is 0.183. The van der Waals surface area contributed by atoms with Crippen LogP contribution in [0.4, 0.5) is 9.18 Å². The lowest BCUT2D eigenvalue weighted by Gasteiger charge is -2.22. The number of carbonyl (C=O) groups excluding carboxylic acids is 1. The summed E-state index contributed by atoms with van der Waals surface area (Å²) in [7, 11) is 2.64. The number of benzene rings is 1. The summed E-state index contributed by atoms with van der Waals surface area (Å²) in [6.07, 6.45) is 2.00. The van der Waals surface area contributed by atoms with Crippen molar-refractivity contribution in [3.63, 3.8) is 0 Å². The number of halogens is 1. The highest BCUT2D eigenvalue weighted by atomic mass is 32.2. The Kier molecular flexibility index (Phi) is 5.59. The zero-order valence-electron chi connectivity index (χ0n) is 13.1. The Morgan fingerprint density at radius 1 is 1.48 bits per heavy atom. The van der Waals surface area contributed by atoms with E-state index >= 15 is 0 Å². The second-order valence-corrected chi connectivity index (χ2v) is 5.46. The van der Waals surface area contributed by atoms with Crippen LogP contribution in [0.25, 0.3) is 0 Å². The van der Waals surface area contributed by atoms with E-state index in [0.717, 1.165) is 11.8 Å². The van der Waals surface area contributed by atoms with Gasteiger partial charge in [-0.25, -0.2) is 9.18 Å². The van der Waals surface area contributed by atoms with E-state index in [1.807, 2.05) is 0 Å². The number of aliphatic imine (C=N–C) groups is 1. The highest BCUT2D eigenvalue weighted by Crippen LogP contribution is 2.38. The smallest absolute Gasteiger partial charge is 0.434 e. The van der Waals surface area contributed by atoms with Gasteiger partial charge in [0.1, 0.15) is 10.9 Å². The summed E-state index contributed by atoms with van der Waals surface area (Å²) < 4.78 is 30.0. The first-order valence-electron chi connectivity index (χ1n) is 6.85. The molecule has 1 N–H and O–H groups in total. The van der Waals surface area contributed by atoms with Crippen LogP contribution < -0.4 is 9.47 Å². The monoisotopic (exact) mass is 340 g/mol. The molecule has 23 heavy (non-hydrogen) atoms. The molecule has 1 aromatic rings. The van der Waals surface area contributed by atoms with Crippen LogP contribution in [0, 0.1) is 11.2 Å². The van der Waals surface area contributed by atoms with Gasteiger partial charge in [-0.05, 0) is 25.2 Å². The molecular formula is C15H17FN2O4S. The number of thioether (sulfide) groups is 1. The standard InChI is InChI=1S/C15H17FN2O4S/c1-20-10-7-9(11(16)8-5-4-6-22-13(8)10)12(17)14(23-3)18-15(19)21-2/h7,17H,4-6H2,1-3H3. The molecule has 0 bridgehead atoms. The maximum Gasteiger partial charge on any atom is 0.434 e. The van der Waals surface area contributed by atoms with Crippen molar-refractivity contribution >= 4 is 28.6 Å². The van der Waals surface area contributed by atoms with Crippen LogP contribution in [0.1, 0.15) is 17.5 Å².